The molecule has 1 aromatic heterocycles. The molecule has 0 unspecified atom stereocenters. The fraction of sp³-hybridized carbons (Fsp3) is 0.182. The van der Waals surface area contributed by atoms with Crippen LogP contribution in [-0.2, 0) is 13.6 Å². The van der Waals surface area contributed by atoms with Crippen molar-refractivity contribution in [2.45, 2.75) is 6.54 Å². The average molecular weight is 222 g/mol. The summed E-state index contributed by atoms with van der Waals surface area (Å²) in [6.07, 6.45) is 1.80. The summed E-state index contributed by atoms with van der Waals surface area (Å²) < 4.78 is 1.82. The third-order valence-electron chi connectivity index (χ3n) is 2.35. The first-order chi connectivity index (χ1) is 7.22. The predicted molar refractivity (Wildman–Crippen MR) is 61.5 cm³/mol. The zero-order valence-electron chi connectivity index (χ0n) is 8.44. The van der Waals surface area contributed by atoms with Gasteiger partial charge in [0, 0.05) is 29.7 Å². The Balaban J connectivity index is 2.52. The Hall–Kier alpha value is -1.32. The maximum Gasteiger partial charge on any atom is 0.0723 e. The summed E-state index contributed by atoms with van der Waals surface area (Å²) in [4.78, 5) is 0. The number of hydrogen-bond acceptors (Lipinski definition) is 2. The number of rotatable bonds is 2. The van der Waals surface area contributed by atoms with Gasteiger partial charge in [0.25, 0.3) is 0 Å². The van der Waals surface area contributed by atoms with E-state index in [9.17, 15) is 0 Å². The molecule has 0 aliphatic rings. The minimum absolute atomic E-state index is 0.492. The van der Waals surface area contributed by atoms with Gasteiger partial charge in [-0.2, -0.15) is 5.10 Å². The summed E-state index contributed by atoms with van der Waals surface area (Å²) in [5, 5.41) is 4.92. The Kier molecular flexibility index (Phi) is 2.75. The first kappa shape index (κ1) is 10.2. The van der Waals surface area contributed by atoms with E-state index in [2.05, 4.69) is 5.10 Å². The smallest absolute Gasteiger partial charge is 0.0723 e. The molecule has 0 radical (unpaired) electrons. The molecule has 0 amide bonds. The molecule has 0 aliphatic heterocycles. The van der Waals surface area contributed by atoms with Crippen molar-refractivity contribution in [2.24, 2.45) is 12.8 Å². The molecule has 2 aromatic rings. The van der Waals surface area contributed by atoms with Gasteiger partial charge in [-0.15, -0.1) is 0 Å². The first-order valence-electron chi connectivity index (χ1n) is 4.69. The largest absolute Gasteiger partial charge is 0.326 e. The lowest BCUT2D eigenvalue weighted by Crippen LogP contribution is -1.99. The van der Waals surface area contributed by atoms with Gasteiger partial charge in [0.05, 0.1) is 11.9 Å². The second-order valence-corrected chi connectivity index (χ2v) is 3.79. The molecule has 0 aliphatic carbocycles. The van der Waals surface area contributed by atoms with Gasteiger partial charge in [-0.3, -0.25) is 4.68 Å². The van der Waals surface area contributed by atoms with Crippen LogP contribution in [0.4, 0.5) is 0 Å². The zero-order valence-corrected chi connectivity index (χ0v) is 9.20. The number of nitrogens with zero attached hydrogens (tertiary/aromatic N) is 2. The SMILES string of the molecule is Cn1ncc(CN)c1-c1ccc(Cl)cc1. The van der Waals surface area contributed by atoms with E-state index in [1.54, 1.807) is 6.20 Å². The fourth-order valence-corrected chi connectivity index (χ4v) is 1.74. The predicted octanol–water partition coefficient (Wildman–Crippen LogP) is 2.20. The summed E-state index contributed by atoms with van der Waals surface area (Å²) in [5.74, 6) is 0. The van der Waals surface area contributed by atoms with Crippen LogP contribution in [0.1, 0.15) is 5.56 Å². The van der Waals surface area contributed by atoms with Crippen molar-refractivity contribution in [3.63, 3.8) is 0 Å². The molecule has 0 spiro atoms. The fourth-order valence-electron chi connectivity index (χ4n) is 1.61. The molecule has 1 heterocycles. The molecule has 0 saturated carbocycles. The molecule has 78 valence electrons. The molecule has 0 atom stereocenters. The van der Waals surface area contributed by atoms with E-state index in [1.807, 2.05) is 36.0 Å². The summed E-state index contributed by atoms with van der Waals surface area (Å²) >= 11 is 5.84. The standard InChI is InChI=1S/C11H12ClN3/c1-15-11(9(6-13)7-14-15)8-2-4-10(12)5-3-8/h2-5,7H,6,13H2,1H3. The molecule has 3 nitrogen and oxygen atoms in total. The van der Waals surface area contributed by atoms with E-state index in [-0.39, 0.29) is 0 Å². The van der Waals surface area contributed by atoms with Crippen LogP contribution in [-0.4, -0.2) is 9.78 Å². The number of hydrogen-bond donors (Lipinski definition) is 1. The van der Waals surface area contributed by atoms with Crippen LogP contribution in [0.25, 0.3) is 11.3 Å². The topological polar surface area (TPSA) is 43.8 Å². The lowest BCUT2D eigenvalue weighted by Gasteiger charge is -2.05. The van der Waals surface area contributed by atoms with Gasteiger partial charge in [0.1, 0.15) is 0 Å². The Labute approximate surface area is 93.5 Å². The van der Waals surface area contributed by atoms with Gasteiger partial charge >= 0.3 is 0 Å². The molecule has 1 aromatic carbocycles. The molecule has 2 N–H and O–H groups in total. The Morgan fingerprint density at radius 3 is 2.60 bits per heavy atom. The maximum absolute atomic E-state index is 5.84. The number of aromatic nitrogens is 2. The molecule has 0 saturated heterocycles. The second kappa shape index (κ2) is 4.04. The summed E-state index contributed by atoms with van der Waals surface area (Å²) in [6.45, 7) is 0.492. The van der Waals surface area contributed by atoms with Crippen LogP contribution in [0, 0.1) is 0 Å². The zero-order chi connectivity index (χ0) is 10.8. The van der Waals surface area contributed by atoms with Crippen molar-refractivity contribution >= 4 is 11.6 Å². The number of benzene rings is 1. The number of halogens is 1. The summed E-state index contributed by atoms with van der Waals surface area (Å²) in [5.41, 5.74) is 8.83. The van der Waals surface area contributed by atoms with Crippen LogP contribution >= 0.6 is 11.6 Å². The number of nitrogens with two attached hydrogens (primary N) is 1. The highest BCUT2D eigenvalue weighted by Crippen LogP contribution is 2.24. The minimum Gasteiger partial charge on any atom is -0.326 e. The average Bonchev–Trinajstić information content (AvgIpc) is 2.61. The Bertz CT molecular complexity index is 459. The van der Waals surface area contributed by atoms with Crippen molar-refractivity contribution in [1.82, 2.24) is 9.78 Å². The van der Waals surface area contributed by atoms with Crippen LogP contribution in [0.5, 0.6) is 0 Å². The molecule has 2 rings (SSSR count). The quantitative estimate of drug-likeness (QED) is 0.845. The van der Waals surface area contributed by atoms with Crippen molar-refractivity contribution in [1.29, 1.82) is 0 Å². The van der Waals surface area contributed by atoms with Crippen LogP contribution < -0.4 is 5.73 Å². The van der Waals surface area contributed by atoms with Crippen molar-refractivity contribution in [3.8, 4) is 11.3 Å². The van der Waals surface area contributed by atoms with Gasteiger partial charge in [0.2, 0.25) is 0 Å². The van der Waals surface area contributed by atoms with Crippen molar-refractivity contribution < 1.29 is 0 Å². The van der Waals surface area contributed by atoms with E-state index in [0.717, 1.165) is 21.8 Å². The summed E-state index contributed by atoms with van der Waals surface area (Å²) in [7, 11) is 1.91. The molecule has 0 fully saturated rings. The maximum atomic E-state index is 5.84. The van der Waals surface area contributed by atoms with E-state index in [1.165, 1.54) is 0 Å². The molecule has 0 bridgehead atoms. The molecule has 4 heteroatoms. The molecular formula is C11H12ClN3. The van der Waals surface area contributed by atoms with Crippen LogP contribution in [0.3, 0.4) is 0 Å². The van der Waals surface area contributed by atoms with E-state index >= 15 is 0 Å². The lowest BCUT2D eigenvalue weighted by atomic mass is 10.1. The third kappa shape index (κ3) is 1.89. The Morgan fingerprint density at radius 2 is 2.00 bits per heavy atom. The molecular weight excluding hydrogens is 210 g/mol. The van der Waals surface area contributed by atoms with Crippen LogP contribution in [0.15, 0.2) is 30.5 Å². The minimum atomic E-state index is 0.492. The van der Waals surface area contributed by atoms with Gasteiger partial charge < -0.3 is 5.73 Å². The van der Waals surface area contributed by atoms with Crippen LogP contribution in [0.2, 0.25) is 5.02 Å². The van der Waals surface area contributed by atoms with Crippen molar-refractivity contribution in [2.75, 3.05) is 0 Å². The van der Waals surface area contributed by atoms with Gasteiger partial charge in [0.15, 0.2) is 0 Å². The van der Waals surface area contributed by atoms with Gasteiger partial charge in [-0.25, -0.2) is 0 Å². The van der Waals surface area contributed by atoms with Gasteiger partial charge in [-0.1, -0.05) is 23.7 Å². The highest BCUT2D eigenvalue weighted by molar-refractivity contribution is 6.30. The normalized spacial score (nSPS) is 10.6. The molecule has 15 heavy (non-hydrogen) atoms. The third-order valence-corrected chi connectivity index (χ3v) is 2.60. The monoisotopic (exact) mass is 221 g/mol. The van der Waals surface area contributed by atoms with E-state index in [4.69, 9.17) is 17.3 Å². The van der Waals surface area contributed by atoms with Gasteiger partial charge in [-0.05, 0) is 12.1 Å². The van der Waals surface area contributed by atoms with Crippen molar-refractivity contribution in [3.05, 3.63) is 41.0 Å². The highest BCUT2D eigenvalue weighted by atomic mass is 35.5. The lowest BCUT2D eigenvalue weighted by molar-refractivity contribution is 0.775. The first-order valence-corrected chi connectivity index (χ1v) is 5.07. The van der Waals surface area contributed by atoms with E-state index in [0.29, 0.717) is 6.54 Å². The summed E-state index contributed by atoms with van der Waals surface area (Å²) in [6, 6.07) is 7.67. The Morgan fingerprint density at radius 1 is 1.33 bits per heavy atom. The second-order valence-electron chi connectivity index (χ2n) is 3.35. The number of aryl methyl sites for hydroxylation is 1. The van der Waals surface area contributed by atoms with E-state index < -0.39 is 0 Å². The highest BCUT2D eigenvalue weighted by Gasteiger charge is 2.08.